The van der Waals surface area contributed by atoms with E-state index in [0.29, 0.717) is 12.1 Å². The van der Waals surface area contributed by atoms with Crippen molar-refractivity contribution < 1.29 is 15.1 Å². The third kappa shape index (κ3) is 12.1. The highest BCUT2D eigenvalue weighted by Crippen LogP contribution is 2.17. The zero-order valence-corrected chi connectivity index (χ0v) is 24.4. The summed E-state index contributed by atoms with van der Waals surface area (Å²) in [7, 11) is 0. The van der Waals surface area contributed by atoms with Crippen molar-refractivity contribution >= 4 is 16.7 Å². The largest absolute Gasteiger partial charge is 0.669 e. The molecule has 0 unspecified atom stereocenters. The van der Waals surface area contributed by atoms with Crippen LogP contribution in [-0.2, 0) is 11.4 Å². The first-order chi connectivity index (χ1) is 19.8. The Labute approximate surface area is 242 Å². The maximum absolute atomic E-state index is 12.4. The smallest absolute Gasteiger partial charge is 0.0891 e. The second-order valence-electron chi connectivity index (χ2n) is 10.5. The second-order valence-corrected chi connectivity index (χ2v) is 10.5. The number of hydrogen-bond donors (Lipinski definition) is 1. The van der Waals surface area contributed by atoms with Crippen molar-refractivity contribution in [2.24, 2.45) is 0 Å². The lowest BCUT2D eigenvalue weighted by atomic mass is 10.0. The number of benzene rings is 3. The summed E-state index contributed by atoms with van der Waals surface area (Å²) in [6.07, 6.45) is 18.6. The Morgan fingerprint density at radius 3 is 2.02 bits per heavy atom. The van der Waals surface area contributed by atoms with Crippen LogP contribution in [0.2, 0.25) is 0 Å². The molecule has 0 aliphatic rings. The van der Waals surface area contributed by atoms with Crippen LogP contribution in [0.1, 0.15) is 118 Å². The van der Waals surface area contributed by atoms with Crippen molar-refractivity contribution in [3.8, 4) is 23.7 Å². The van der Waals surface area contributed by atoms with E-state index < -0.39 is 0 Å². The maximum Gasteiger partial charge on any atom is 0.669 e. The van der Waals surface area contributed by atoms with Gasteiger partial charge in [-0.05, 0) is 53.3 Å². The summed E-state index contributed by atoms with van der Waals surface area (Å²) >= 11 is 0. The molecule has 0 bridgehead atoms. The first kappa shape index (κ1) is 31.0. The molecular formula is C37H46NO2+2. The van der Waals surface area contributed by atoms with Crippen molar-refractivity contribution in [2.75, 3.05) is 0 Å². The minimum Gasteiger partial charge on any atom is -0.0891 e. The van der Waals surface area contributed by atoms with Gasteiger partial charge in [0.2, 0.25) is 0 Å². The standard InChI is InChI=1S/C37H45NO2/c1-2-3-4-5-6-7-8-9-10-11-12-13-14-15-16-17-18-22-32-27-29-34(30-28-32)37(39)40-38-31-35-25-21-24-33-23-19-20-26-36(33)35/h19-21,23-30,38H,2-15,31H2,1H3/q+1/p+1. The monoisotopic (exact) mass is 536 g/mol. The van der Waals surface area contributed by atoms with Crippen molar-refractivity contribution in [1.29, 1.82) is 0 Å². The summed E-state index contributed by atoms with van der Waals surface area (Å²) in [6, 6.07) is 21.6. The number of hydrogen-bond acceptors (Lipinski definition) is 2. The molecule has 0 aromatic heterocycles. The molecule has 2 N–H and O–H groups in total. The molecule has 0 saturated heterocycles. The highest BCUT2D eigenvalue weighted by atomic mass is 16.7. The Morgan fingerprint density at radius 2 is 1.32 bits per heavy atom. The molecule has 0 heterocycles. The average Bonchev–Trinajstić information content (AvgIpc) is 2.99. The van der Waals surface area contributed by atoms with Gasteiger partial charge in [0, 0.05) is 17.5 Å². The van der Waals surface area contributed by atoms with Gasteiger partial charge in [0.25, 0.3) is 0 Å². The normalized spacial score (nSPS) is 10.4. The Kier molecular flexibility index (Phi) is 15.1. The summed E-state index contributed by atoms with van der Waals surface area (Å²) < 4.78 is 0. The molecule has 0 aliphatic carbocycles. The van der Waals surface area contributed by atoms with E-state index in [2.05, 4.69) is 54.9 Å². The summed E-state index contributed by atoms with van der Waals surface area (Å²) in [4.78, 5) is 17.8. The molecule has 0 aliphatic heterocycles. The van der Waals surface area contributed by atoms with E-state index in [1.165, 1.54) is 87.8 Å². The lowest BCUT2D eigenvalue weighted by Crippen LogP contribution is -2.82. The lowest BCUT2D eigenvalue weighted by Gasteiger charge is -2.02. The summed E-state index contributed by atoms with van der Waals surface area (Å²) in [5.74, 6) is 11.8. The molecule has 0 amide bonds. The Bertz CT molecular complexity index is 1270. The Balaban J connectivity index is 1.24. The van der Waals surface area contributed by atoms with Gasteiger partial charge < -0.3 is 0 Å². The fourth-order valence-corrected chi connectivity index (χ4v) is 4.88. The highest BCUT2D eigenvalue weighted by molar-refractivity contribution is 5.89. The topological polar surface area (TPSA) is 45.7 Å². The molecule has 209 valence electrons. The first-order valence-corrected chi connectivity index (χ1v) is 15.4. The van der Waals surface area contributed by atoms with Crippen molar-refractivity contribution in [3.05, 3.63) is 83.4 Å². The van der Waals surface area contributed by atoms with Crippen LogP contribution in [0, 0.1) is 23.7 Å². The molecule has 0 saturated carbocycles. The lowest BCUT2D eigenvalue weighted by molar-refractivity contribution is -0.883. The minimum atomic E-state index is -0.364. The minimum absolute atomic E-state index is 0.364. The molecule has 3 rings (SSSR count). The fraction of sp³-hybridized carbons (Fsp3) is 0.432. The third-order valence-corrected chi connectivity index (χ3v) is 7.26. The molecule has 0 atom stereocenters. The van der Waals surface area contributed by atoms with Gasteiger partial charge in [0.05, 0.1) is 4.79 Å². The molecule has 0 fully saturated rings. The number of carbonyl (C=O) groups excluding carboxylic acids is 1. The fourth-order valence-electron chi connectivity index (χ4n) is 4.88. The molecule has 3 aromatic rings. The number of carbonyl (C=O) groups is 1. The molecule has 3 heteroatoms. The van der Waals surface area contributed by atoms with Gasteiger partial charge in [-0.15, -0.1) is 0 Å². The molecule has 0 spiro atoms. The van der Waals surface area contributed by atoms with Crippen LogP contribution in [0.5, 0.6) is 0 Å². The molecule has 40 heavy (non-hydrogen) atoms. The van der Waals surface area contributed by atoms with Crippen LogP contribution < -0.4 is 5.48 Å². The SMILES string of the molecule is CCCCCCCCCCCCCCCC#CC#Cc1ccc(C(=[O+])O[NH2+]Cc2cccc3ccccc23)cc1. The van der Waals surface area contributed by atoms with E-state index >= 15 is 0 Å². The molecule has 3 aromatic carbocycles. The van der Waals surface area contributed by atoms with E-state index in [9.17, 15) is 4.79 Å². The van der Waals surface area contributed by atoms with Gasteiger partial charge in [-0.25, -0.2) is 0 Å². The van der Waals surface area contributed by atoms with Gasteiger partial charge >= 0.3 is 5.97 Å². The summed E-state index contributed by atoms with van der Waals surface area (Å²) in [6.45, 7) is 2.84. The van der Waals surface area contributed by atoms with Crippen molar-refractivity contribution in [3.63, 3.8) is 0 Å². The number of hydroxylamine groups is 1. The average molecular weight is 537 g/mol. The molecule has 1 radical (unpaired) electrons. The van der Waals surface area contributed by atoms with Crippen LogP contribution >= 0.6 is 0 Å². The number of fused-ring (bicyclic) bond motifs is 1. The number of unbranched alkanes of at least 4 members (excludes halogenated alkanes) is 13. The zero-order chi connectivity index (χ0) is 28.1. The molecular weight excluding hydrogens is 490 g/mol. The van der Waals surface area contributed by atoms with Crippen LogP contribution in [-0.4, -0.2) is 5.97 Å². The van der Waals surface area contributed by atoms with E-state index in [1.807, 2.05) is 30.3 Å². The van der Waals surface area contributed by atoms with E-state index in [1.54, 1.807) is 17.6 Å². The predicted molar refractivity (Wildman–Crippen MR) is 166 cm³/mol. The van der Waals surface area contributed by atoms with Crippen LogP contribution in [0.25, 0.3) is 10.8 Å². The second kappa shape index (κ2) is 19.5. The summed E-state index contributed by atoms with van der Waals surface area (Å²) in [5.41, 5.74) is 4.05. The molecule has 3 nitrogen and oxygen atoms in total. The zero-order valence-electron chi connectivity index (χ0n) is 24.4. The predicted octanol–water partition coefficient (Wildman–Crippen LogP) is 8.51. The van der Waals surface area contributed by atoms with Gasteiger partial charge in [-0.3, -0.25) is 0 Å². The van der Waals surface area contributed by atoms with E-state index in [4.69, 9.17) is 4.84 Å². The Hall–Kier alpha value is -3.53. The van der Waals surface area contributed by atoms with Gasteiger partial charge in [-0.1, -0.05) is 149 Å². The first-order valence-electron chi connectivity index (χ1n) is 15.4. The number of nitrogens with two attached hydrogens (primary N) is 1. The van der Waals surface area contributed by atoms with Crippen LogP contribution in [0.4, 0.5) is 0 Å². The van der Waals surface area contributed by atoms with Crippen molar-refractivity contribution in [2.45, 2.75) is 103 Å². The third-order valence-electron chi connectivity index (χ3n) is 7.26. The highest BCUT2D eigenvalue weighted by Gasteiger charge is 2.24. The Morgan fingerprint density at radius 1 is 0.700 bits per heavy atom. The van der Waals surface area contributed by atoms with Crippen LogP contribution in [0.15, 0.2) is 66.7 Å². The van der Waals surface area contributed by atoms with E-state index in [0.717, 1.165) is 24.0 Å². The number of rotatable bonds is 17. The summed E-state index contributed by atoms with van der Waals surface area (Å²) in [5, 5.41) is 2.35. The van der Waals surface area contributed by atoms with Gasteiger partial charge in [-0.2, -0.15) is 0 Å². The maximum atomic E-state index is 12.4. The van der Waals surface area contributed by atoms with Gasteiger partial charge in [0.1, 0.15) is 5.56 Å². The van der Waals surface area contributed by atoms with Gasteiger partial charge in [0.15, 0.2) is 6.54 Å². The van der Waals surface area contributed by atoms with E-state index in [-0.39, 0.29) is 5.97 Å². The quantitative estimate of drug-likeness (QED) is 0.0813. The number of quaternary nitrogens is 1. The van der Waals surface area contributed by atoms with Crippen LogP contribution in [0.3, 0.4) is 0 Å². The van der Waals surface area contributed by atoms with Crippen molar-refractivity contribution in [1.82, 2.24) is 0 Å².